The molecular formula is C15H11N3O4S. The van der Waals surface area contributed by atoms with Gasteiger partial charge in [0.2, 0.25) is 0 Å². The first-order chi connectivity index (χ1) is 11.1. The van der Waals surface area contributed by atoms with E-state index in [0.29, 0.717) is 10.6 Å². The Labute approximate surface area is 134 Å². The van der Waals surface area contributed by atoms with E-state index in [-0.39, 0.29) is 34.4 Å². The summed E-state index contributed by atoms with van der Waals surface area (Å²) in [4.78, 5) is 4.09. The van der Waals surface area contributed by atoms with E-state index in [9.17, 15) is 20.4 Å². The third kappa shape index (κ3) is 2.79. The highest BCUT2D eigenvalue weighted by molar-refractivity contribution is 7.13. The molecule has 0 saturated carbocycles. The molecule has 8 heteroatoms. The Balaban J connectivity index is 2.07. The smallest absolute Gasteiger partial charge is 0.170 e. The first-order valence-corrected chi connectivity index (χ1v) is 7.33. The Bertz CT molecular complexity index is 858. The second kappa shape index (κ2) is 5.93. The molecule has 0 aliphatic carbocycles. The number of aromatic hydroxyl groups is 4. The summed E-state index contributed by atoms with van der Waals surface area (Å²) in [6, 6.07) is 6.98. The van der Waals surface area contributed by atoms with Gasteiger partial charge in [-0.05, 0) is 24.3 Å². The number of hydrogen-bond acceptors (Lipinski definition) is 8. The second-order valence-electron chi connectivity index (χ2n) is 4.51. The predicted molar refractivity (Wildman–Crippen MR) is 84.8 cm³/mol. The van der Waals surface area contributed by atoms with Crippen LogP contribution >= 0.6 is 11.3 Å². The fourth-order valence-electron chi connectivity index (χ4n) is 1.92. The molecule has 23 heavy (non-hydrogen) atoms. The number of azo groups is 1. The van der Waals surface area contributed by atoms with Crippen molar-refractivity contribution < 1.29 is 20.4 Å². The van der Waals surface area contributed by atoms with Gasteiger partial charge in [0.1, 0.15) is 22.3 Å². The number of phenols is 4. The summed E-state index contributed by atoms with van der Waals surface area (Å²) in [5.74, 6) is -1.13. The van der Waals surface area contributed by atoms with E-state index in [4.69, 9.17) is 0 Å². The second-order valence-corrected chi connectivity index (χ2v) is 5.41. The fourth-order valence-corrected chi connectivity index (χ4v) is 2.58. The lowest BCUT2D eigenvalue weighted by Gasteiger charge is -2.06. The summed E-state index contributed by atoms with van der Waals surface area (Å²) in [6.07, 6.45) is 1.59. The maximum absolute atomic E-state index is 10.3. The lowest BCUT2D eigenvalue weighted by Crippen LogP contribution is -1.79. The van der Waals surface area contributed by atoms with Gasteiger partial charge in [0.05, 0.1) is 5.56 Å². The Kier molecular flexibility index (Phi) is 3.82. The molecule has 0 unspecified atom stereocenters. The van der Waals surface area contributed by atoms with Crippen LogP contribution in [0.4, 0.5) is 11.4 Å². The zero-order chi connectivity index (χ0) is 16.4. The first kappa shape index (κ1) is 14.8. The number of nitrogens with zero attached hydrogens (tertiary/aromatic N) is 3. The molecule has 0 atom stereocenters. The third-order valence-electron chi connectivity index (χ3n) is 3.04. The van der Waals surface area contributed by atoms with Gasteiger partial charge in [0.15, 0.2) is 17.1 Å². The number of rotatable bonds is 3. The van der Waals surface area contributed by atoms with Gasteiger partial charge in [0.25, 0.3) is 0 Å². The zero-order valence-corrected chi connectivity index (χ0v) is 12.4. The molecule has 0 fully saturated rings. The Hall–Kier alpha value is -3.13. The average molecular weight is 329 g/mol. The number of thiazole rings is 1. The minimum absolute atomic E-state index is 0.161. The van der Waals surface area contributed by atoms with Crippen LogP contribution in [0.5, 0.6) is 23.0 Å². The van der Waals surface area contributed by atoms with Crippen molar-refractivity contribution in [2.45, 2.75) is 0 Å². The molecule has 1 aromatic heterocycles. The zero-order valence-electron chi connectivity index (χ0n) is 11.6. The molecule has 0 spiro atoms. The van der Waals surface area contributed by atoms with Crippen molar-refractivity contribution >= 4 is 22.7 Å². The Morgan fingerprint density at radius 2 is 1.48 bits per heavy atom. The number of benzene rings is 2. The van der Waals surface area contributed by atoms with Crippen LogP contribution in [0, 0.1) is 0 Å². The van der Waals surface area contributed by atoms with Gasteiger partial charge < -0.3 is 20.4 Å². The summed E-state index contributed by atoms with van der Waals surface area (Å²) >= 11 is 1.32. The molecule has 1 heterocycles. The van der Waals surface area contributed by atoms with Crippen LogP contribution < -0.4 is 0 Å². The number of aromatic nitrogens is 1. The van der Waals surface area contributed by atoms with Crippen LogP contribution in [0.3, 0.4) is 0 Å². The van der Waals surface area contributed by atoms with E-state index in [1.165, 1.54) is 41.7 Å². The van der Waals surface area contributed by atoms with Crippen LogP contribution in [0.2, 0.25) is 0 Å². The molecular weight excluding hydrogens is 318 g/mol. The molecule has 4 N–H and O–H groups in total. The van der Waals surface area contributed by atoms with Gasteiger partial charge in [-0.25, -0.2) is 4.98 Å². The van der Waals surface area contributed by atoms with Crippen LogP contribution in [0.25, 0.3) is 10.6 Å². The Morgan fingerprint density at radius 1 is 0.826 bits per heavy atom. The minimum atomic E-state index is -0.293. The summed E-state index contributed by atoms with van der Waals surface area (Å²) in [5, 5.41) is 49.3. The van der Waals surface area contributed by atoms with Gasteiger partial charge >= 0.3 is 0 Å². The molecule has 0 aliphatic heterocycles. The van der Waals surface area contributed by atoms with Crippen LogP contribution in [-0.4, -0.2) is 25.4 Å². The molecule has 7 nitrogen and oxygen atoms in total. The maximum atomic E-state index is 10.3. The number of hydrogen-bond donors (Lipinski definition) is 4. The van der Waals surface area contributed by atoms with Crippen molar-refractivity contribution in [2.75, 3.05) is 0 Å². The monoisotopic (exact) mass is 329 g/mol. The Morgan fingerprint density at radius 3 is 2.13 bits per heavy atom. The summed E-state index contributed by atoms with van der Waals surface area (Å²) < 4.78 is 0. The van der Waals surface area contributed by atoms with E-state index in [0.717, 1.165) is 0 Å². The van der Waals surface area contributed by atoms with Crippen LogP contribution in [0.15, 0.2) is 52.1 Å². The molecule has 0 bridgehead atoms. The van der Waals surface area contributed by atoms with Gasteiger partial charge in [-0.2, -0.15) is 0 Å². The lowest BCUT2D eigenvalue weighted by molar-refractivity contribution is 0.449. The van der Waals surface area contributed by atoms with Crippen molar-refractivity contribution in [2.24, 2.45) is 10.2 Å². The van der Waals surface area contributed by atoms with E-state index in [1.54, 1.807) is 11.6 Å². The van der Waals surface area contributed by atoms with Crippen molar-refractivity contribution in [3.05, 3.63) is 41.9 Å². The van der Waals surface area contributed by atoms with E-state index in [2.05, 4.69) is 15.2 Å². The SMILES string of the molecule is Oc1cccc(O)c1N=Nc1c(O)ccc(-c2nccs2)c1O. The molecule has 2 aromatic carbocycles. The molecule has 116 valence electrons. The van der Waals surface area contributed by atoms with E-state index >= 15 is 0 Å². The largest absolute Gasteiger partial charge is 0.505 e. The molecule has 0 amide bonds. The van der Waals surface area contributed by atoms with Crippen molar-refractivity contribution in [1.82, 2.24) is 4.98 Å². The molecule has 3 rings (SSSR count). The molecule has 3 aromatic rings. The third-order valence-corrected chi connectivity index (χ3v) is 3.84. The normalized spacial score (nSPS) is 11.1. The standard InChI is InChI=1S/C15H11N3O4S/c19-9-2-1-3-10(20)12(9)17-18-13-11(21)5-4-8(14(13)22)15-16-6-7-23-15/h1-7,19-22H. The lowest BCUT2D eigenvalue weighted by atomic mass is 10.1. The van der Waals surface area contributed by atoms with E-state index in [1.807, 2.05) is 0 Å². The molecule has 0 saturated heterocycles. The van der Waals surface area contributed by atoms with Crippen LogP contribution in [-0.2, 0) is 0 Å². The molecule has 0 radical (unpaired) electrons. The highest BCUT2D eigenvalue weighted by Crippen LogP contribution is 2.45. The summed E-state index contributed by atoms with van der Waals surface area (Å²) in [5.41, 5.74) is 0.0551. The summed E-state index contributed by atoms with van der Waals surface area (Å²) in [7, 11) is 0. The summed E-state index contributed by atoms with van der Waals surface area (Å²) in [6.45, 7) is 0. The van der Waals surface area contributed by atoms with Crippen molar-refractivity contribution in [1.29, 1.82) is 0 Å². The quantitative estimate of drug-likeness (QED) is 0.541. The van der Waals surface area contributed by atoms with Gasteiger partial charge in [-0.3, -0.25) is 0 Å². The fraction of sp³-hybridized carbons (Fsp3) is 0. The number of phenolic OH excluding ortho intramolecular Hbond substituents is 4. The predicted octanol–water partition coefficient (Wildman–Crippen LogP) is 4.05. The van der Waals surface area contributed by atoms with Gasteiger partial charge in [-0.15, -0.1) is 21.6 Å². The molecule has 0 aliphatic rings. The maximum Gasteiger partial charge on any atom is 0.170 e. The van der Waals surface area contributed by atoms with Crippen LogP contribution in [0.1, 0.15) is 0 Å². The topological polar surface area (TPSA) is 119 Å². The highest BCUT2D eigenvalue weighted by atomic mass is 32.1. The minimum Gasteiger partial charge on any atom is -0.505 e. The van der Waals surface area contributed by atoms with E-state index < -0.39 is 0 Å². The average Bonchev–Trinajstić information content (AvgIpc) is 3.03. The highest BCUT2D eigenvalue weighted by Gasteiger charge is 2.16. The van der Waals surface area contributed by atoms with Gasteiger partial charge in [0, 0.05) is 11.6 Å². The van der Waals surface area contributed by atoms with Gasteiger partial charge in [-0.1, -0.05) is 6.07 Å². The first-order valence-electron chi connectivity index (χ1n) is 6.45. The van der Waals surface area contributed by atoms with Crippen molar-refractivity contribution in [3.63, 3.8) is 0 Å². The van der Waals surface area contributed by atoms with Crippen molar-refractivity contribution in [3.8, 4) is 33.6 Å².